The zero-order chi connectivity index (χ0) is 20.2. The molecule has 0 aliphatic rings. The predicted molar refractivity (Wildman–Crippen MR) is 122 cm³/mol. The number of aromatic amines is 1. The number of unbranched alkanes of at least 4 members (excludes halogenated alkanes) is 1. The highest BCUT2D eigenvalue weighted by atomic mass is 35.5. The summed E-state index contributed by atoms with van der Waals surface area (Å²) in [4.78, 5) is 3.52. The Kier molecular flexibility index (Phi) is 6.10. The number of hydrogen-bond donors (Lipinski definition) is 2. The molecule has 0 radical (unpaired) electrons. The lowest BCUT2D eigenvalue weighted by molar-refractivity contribution is 0.484. The maximum absolute atomic E-state index is 6.52. The topological polar surface area (TPSA) is 51.0 Å². The fourth-order valence-corrected chi connectivity index (χ4v) is 3.94. The molecule has 0 spiro atoms. The van der Waals surface area contributed by atoms with Gasteiger partial charge in [-0.1, -0.05) is 59.6 Å². The number of hydrogen-bond acceptors (Lipinski definition) is 2. The summed E-state index contributed by atoms with van der Waals surface area (Å²) < 4.78 is 6.20. The van der Waals surface area contributed by atoms with Gasteiger partial charge < -0.3 is 15.5 Å². The lowest BCUT2D eigenvalue weighted by Crippen LogP contribution is -1.99. The highest BCUT2D eigenvalue weighted by Crippen LogP contribution is 2.41. The van der Waals surface area contributed by atoms with Crippen molar-refractivity contribution in [3.63, 3.8) is 0 Å². The molecule has 1 aromatic heterocycles. The Morgan fingerprint density at radius 1 is 0.862 bits per heavy atom. The molecular weight excluding hydrogens is 403 g/mol. The minimum absolute atomic E-state index is 0.536. The summed E-state index contributed by atoms with van der Waals surface area (Å²) in [5, 5.41) is 2.16. The van der Waals surface area contributed by atoms with E-state index in [0.717, 1.165) is 52.9 Å². The predicted octanol–water partition coefficient (Wildman–Crippen LogP) is 7.22. The van der Waals surface area contributed by atoms with Crippen LogP contribution in [0.25, 0.3) is 22.2 Å². The highest BCUT2D eigenvalue weighted by molar-refractivity contribution is 6.45. The van der Waals surface area contributed by atoms with Crippen molar-refractivity contribution in [3.05, 3.63) is 82.3 Å². The van der Waals surface area contributed by atoms with Gasteiger partial charge in [0.2, 0.25) is 0 Å². The summed E-state index contributed by atoms with van der Waals surface area (Å²) in [6.07, 6.45) is 2.86. The van der Waals surface area contributed by atoms with Crippen LogP contribution < -0.4 is 10.5 Å². The van der Waals surface area contributed by atoms with Crippen LogP contribution >= 0.6 is 23.2 Å². The minimum atomic E-state index is 0.536. The van der Waals surface area contributed by atoms with Gasteiger partial charge in [0.1, 0.15) is 11.5 Å². The summed E-state index contributed by atoms with van der Waals surface area (Å²) in [5.41, 5.74) is 9.77. The number of H-pyrrole nitrogens is 1. The Morgan fingerprint density at radius 2 is 1.62 bits per heavy atom. The molecule has 1 heterocycles. The van der Waals surface area contributed by atoms with Crippen LogP contribution in [0.2, 0.25) is 10.0 Å². The van der Waals surface area contributed by atoms with Crippen molar-refractivity contribution in [3.8, 4) is 22.8 Å². The Labute approximate surface area is 180 Å². The molecule has 3 nitrogen and oxygen atoms in total. The number of nitrogens with one attached hydrogen (secondary N) is 1. The summed E-state index contributed by atoms with van der Waals surface area (Å²) in [6, 6.07) is 21.7. The number of rotatable bonds is 7. The van der Waals surface area contributed by atoms with Gasteiger partial charge in [0.15, 0.2) is 0 Å². The van der Waals surface area contributed by atoms with Gasteiger partial charge in [-0.05, 0) is 61.7 Å². The molecule has 5 heteroatoms. The molecule has 0 unspecified atom stereocenters. The second-order valence-corrected chi connectivity index (χ2v) is 7.70. The van der Waals surface area contributed by atoms with Gasteiger partial charge in [0.25, 0.3) is 0 Å². The average molecular weight is 425 g/mol. The van der Waals surface area contributed by atoms with Gasteiger partial charge in [0.05, 0.1) is 21.3 Å². The van der Waals surface area contributed by atoms with Gasteiger partial charge in [0, 0.05) is 10.9 Å². The molecule has 0 aliphatic carbocycles. The third kappa shape index (κ3) is 4.13. The number of nitrogens with two attached hydrogens (primary N) is 1. The molecule has 0 fully saturated rings. The van der Waals surface area contributed by atoms with E-state index in [0.29, 0.717) is 16.6 Å². The van der Waals surface area contributed by atoms with E-state index >= 15 is 0 Å². The molecule has 148 valence electrons. The molecule has 4 aromatic rings. The van der Waals surface area contributed by atoms with Crippen LogP contribution in [0.15, 0.2) is 66.7 Å². The number of ether oxygens (including phenoxy) is 1. The van der Waals surface area contributed by atoms with E-state index in [1.54, 1.807) is 0 Å². The second kappa shape index (κ2) is 8.91. The van der Waals surface area contributed by atoms with Crippen LogP contribution in [-0.2, 0) is 6.42 Å². The zero-order valence-corrected chi connectivity index (χ0v) is 17.4. The quantitative estimate of drug-likeness (QED) is 0.307. The normalized spacial score (nSPS) is 11.1. The molecule has 4 rings (SSSR count). The Balaban J connectivity index is 1.85. The zero-order valence-electron chi connectivity index (χ0n) is 15.9. The molecule has 0 saturated carbocycles. The smallest absolute Gasteiger partial charge is 0.136 e. The van der Waals surface area contributed by atoms with E-state index in [2.05, 4.69) is 11.1 Å². The fourth-order valence-electron chi connectivity index (χ4n) is 3.57. The van der Waals surface area contributed by atoms with Crippen molar-refractivity contribution in [2.45, 2.75) is 19.3 Å². The molecule has 3 aromatic carbocycles. The Bertz CT molecular complexity index is 1120. The standard InChI is InChI=1S/C24H22Cl2N2O/c25-20-14-13-18-17(10-6-7-15-27)23(28-24(18)22(20)26)19-11-4-5-12-21(19)29-16-8-2-1-3-9-16/h1-5,8-9,11-14,28H,6-7,10,15,27H2. The minimum Gasteiger partial charge on any atom is -0.457 e. The van der Waals surface area contributed by atoms with E-state index in [9.17, 15) is 0 Å². The number of halogens is 2. The fraction of sp³-hybridized carbons (Fsp3) is 0.167. The number of benzene rings is 3. The Hall–Kier alpha value is -2.46. The van der Waals surface area contributed by atoms with Crippen LogP contribution in [-0.4, -0.2) is 11.5 Å². The largest absolute Gasteiger partial charge is 0.457 e. The molecule has 0 saturated heterocycles. The molecule has 0 amide bonds. The first-order valence-corrected chi connectivity index (χ1v) is 10.5. The molecule has 0 atom stereocenters. The van der Waals surface area contributed by atoms with Crippen LogP contribution in [0.1, 0.15) is 18.4 Å². The van der Waals surface area contributed by atoms with Gasteiger partial charge in [-0.25, -0.2) is 0 Å². The molecule has 3 N–H and O–H groups in total. The maximum Gasteiger partial charge on any atom is 0.136 e. The van der Waals surface area contributed by atoms with Gasteiger partial charge in [-0.15, -0.1) is 0 Å². The third-order valence-corrected chi connectivity index (χ3v) is 5.78. The average Bonchev–Trinajstić information content (AvgIpc) is 3.11. The van der Waals surface area contributed by atoms with Crippen LogP contribution in [0.3, 0.4) is 0 Å². The van der Waals surface area contributed by atoms with E-state index in [1.165, 1.54) is 5.56 Å². The maximum atomic E-state index is 6.52. The molecule has 0 bridgehead atoms. The highest BCUT2D eigenvalue weighted by Gasteiger charge is 2.19. The SMILES string of the molecule is NCCCCc1c(-c2ccccc2Oc2ccccc2)[nH]c2c(Cl)c(Cl)ccc12. The van der Waals surface area contributed by atoms with Crippen molar-refractivity contribution < 1.29 is 4.74 Å². The van der Waals surface area contributed by atoms with Crippen LogP contribution in [0.4, 0.5) is 0 Å². The first kappa shape index (κ1) is 19.8. The van der Waals surface area contributed by atoms with Crippen LogP contribution in [0, 0.1) is 0 Å². The number of para-hydroxylation sites is 2. The van der Waals surface area contributed by atoms with E-state index in [1.807, 2.05) is 60.7 Å². The van der Waals surface area contributed by atoms with Gasteiger partial charge >= 0.3 is 0 Å². The van der Waals surface area contributed by atoms with Crippen molar-refractivity contribution in [1.82, 2.24) is 4.98 Å². The molecule has 0 aliphatic heterocycles. The third-order valence-electron chi connectivity index (χ3n) is 4.98. The summed E-state index contributed by atoms with van der Waals surface area (Å²) in [6.45, 7) is 0.679. The Morgan fingerprint density at radius 3 is 2.41 bits per heavy atom. The van der Waals surface area contributed by atoms with Crippen molar-refractivity contribution in [2.24, 2.45) is 5.73 Å². The van der Waals surface area contributed by atoms with E-state index in [-0.39, 0.29) is 0 Å². The molecular formula is C24H22Cl2N2O. The summed E-state index contributed by atoms with van der Waals surface area (Å²) in [7, 11) is 0. The van der Waals surface area contributed by atoms with Crippen molar-refractivity contribution >= 4 is 34.1 Å². The number of aromatic nitrogens is 1. The number of fused-ring (bicyclic) bond motifs is 1. The van der Waals surface area contributed by atoms with Crippen LogP contribution in [0.5, 0.6) is 11.5 Å². The second-order valence-electron chi connectivity index (χ2n) is 6.92. The van der Waals surface area contributed by atoms with Crippen molar-refractivity contribution in [2.75, 3.05) is 6.54 Å². The van der Waals surface area contributed by atoms with Gasteiger partial charge in [-0.3, -0.25) is 0 Å². The lowest BCUT2D eigenvalue weighted by atomic mass is 9.99. The van der Waals surface area contributed by atoms with Crippen molar-refractivity contribution in [1.29, 1.82) is 0 Å². The first-order valence-electron chi connectivity index (χ1n) is 9.70. The summed E-state index contributed by atoms with van der Waals surface area (Å²) >= 11 is 12.8. The van der Waals surface area contributed by atoms with E-state index < -0.39 is 0 Å². The lowest BCUT2D eigenvalue weighted by Gasteiger charge is -2.12. The van der Waals surface area contributed by atoms with E-state index in [4.69, 9.17) is 33.7 Å². The van der Waals surface area contributed by atoms with Gasteiger partial charge in [-0.2, -0.15) is 0 Å². The molecule has 29 heavy (non-hydrogen) atoms. The monoisotopic (exact) mass is 424 g/mol. The summed E-state index contributed by atoms with van der Waals surface area (Å²) in [5.74, 6) is 1.58. The first-order chi connectivity index (χ1) is 14.2. The number of aryl methyl sites for hydroxylation is 1.